The van der Waals surface area contributed by atoms with Crippen molar-refractivity contribution >= 4 is 43.2 Å². The molecule has 11 nitrogen and oxygen atoms in total. The first-order valence-electron chi connectivity index (χ1n) is 16.0. The van der Waals surface area contributed by atoms with E-state index in [9.17, 15) is 31.1 Å². The Labute approximate surface area is 293 Å². The Morgan fingerprint density at radius 1 is 1.02 bits per heavy atom. The number of carbonyl (C=O) groups excluding carboxylic acids is 1. The van der Waals surface area contributed by atoms with Crippen LogP contribution in [-0.2, 0) is 24.8 Å². The summed E-state index contributed by atoms with van der Waals surface area (Å²) in [5.74, 6) is -1.25. The van der Waals surface area contributed by atoms with Gasteiger partial charge in [-0.15, -0.1) is 0 Å². The molecule has 1 aliphatic rings. The van der Waals surface area contributed by atoms with E-state index in [1.807, 2.05) is 13.8 Å². The van der Waals surface area contributed by atoms with Gasteiger partial charge in [-0.3, -0.25) is 9.52 Å². The zero-order valence-electron chi connectivity index (χ0n) is 27.9. The molecule has 4 atom stereocenters. The summed E-state index contributed by atoms with van der Waals surface area (Å²) in [6.07, 6.45) is 1.05. The molecule has 1 heterocycles. The number of hydrogen-bond acceptors (Lipinski definition) is 8. The molecule has 49 heavy (non-hydrogen) atoms. The molecular formula is C34H43ClFN3O8S2. The number of hydrogen-bond donors (Lipinski definition) is 2. The second-order valence-electron chi connectivity index (χ2n) is 12.3. The number of nitrogens with one attached hydrogen (secondary N) is 1. The molecular weight excluding hydrogens is 697 g/mol. The van der Waals surface area contributed by atoms with Gasteiger partial charge in [0, 0.05) is 43.4 Å². The van der Waals surface area contributed by atoms with Crippen molar-refractivity contribution in [3.05, 3.63) is 83.1 Å². The second kappa shape index (κ2) is 16.6. The summed E-state index contributed by atoms with van der Waals surface area (Å²) in [7, 11) is -6.60. The molecule has 268 valence electrons. The monoisotopic (exact) mass is 739 g/mol. The van der Waals surface area contributed by atoms with Gasteiger partial charge >= 0.3 is 0 Å². The van der Waals surface area contributed by atoms with Gasteiger partial charge in [0.15, 0.2) is 0 Å². The number of halogens is 2. The number of amides is 1. The maximum Gasteiger partial charge on any atom is 0.261 e. The van der Waals surface area contributed by atoms with Crippen LogP contribution in [0, 0.1) is 11.7 Å². The minimum absolute atomic E-state index is 0.0185. The summed E-state index contributed by atoms with van der Waals surface area (Å²) < 4.78 is 82.7. The third-order valence-corrected chi connectivity index (χ3v) is 11.9. The summed E-state index contributed by atoms with van der Waals surface area (Å²) in [6, 6.07) is 14.0. The third kappa shape index (κ3) is 9.92. The normalized spacial score (nSPS) is 20.6. The molecule has 1 amide bonds. The highest BCUT2D eigenvalue weighted by atomic mass is 35.5. The van der Waals surface area contributed by atoms with Crippen molar-refractivity contribution in [2.24, 2.45) is 5.92 Å². The van der Waals surface area contributed by atoms with Crippen LogP contribution in [0.2, 0.25) is 5.02 Å². The molecule has 0 bridgehead atoms. The van der Waals surface area contributed by atoms with Crippen molar-refractivity contribution < 1.29 is 40.6 Å². The van der Waals surface area contributed by atoms with Gasteiger partial charge < -0.3 is 19.5 Å². The van der Waals surface area contributed by atoms with Gasteiger partial charge in [-0.1, -0.05) is 18.5 Å². The Morgan fingerprint density at radius 3 is 2.33 bits per heavy atom. The number of aliphatic hydroxyl groups excluding tert-OH is 1. The molecule has 0 saturated carbocycles. The Balaban J connectivity index is 1.67. The van der Waals surface area contributed by atoms with Crippen LogP contribution in [0.25, 0.3) is 0 Å². The molecule has 0 unspecified atom stereocenters. The van der Waals surface area contributed by atoms with E-state index in [1.54, 1.807) is 13.0 Å². The van der Waals surface area contributed by atoms with Gasteiger partial charge in [-0.05, 0) is 99.8 Å². The number of aliphatic hydroxyl groups is 1. The molecule has 0 fully saturated rings. The van der Waals surface area contributed by atoms with E-state index in [0.29, 0.717) is 24.5 Å². The molecule has 0 spiro atoms. The second-order valence-corrected chi connectivity index (χ2v) is 16.5. The topological polar surface area (TPSA) is 143 Å². The van der Waals surface area contributed by atoms with Gasteiger partial charge in [0.2, 0.25) is 10.0 Å². The van der Waals surface area contributed by atoms with Crippen molar-refractivity contribution in [2.75, 3.05) is 38.1 Å². The summed E-state index contributed by atoms with van der Waals surface area (Å²) in [6.45, 7) is 5.34. The van der Waals surface area contributed by atoms with Gasteiger partial charge in [0.25, 0.3) is 15.9 Å². The molecule has 0 saturated heterocycles. The first-order valence-corrected chi connectivity index (χ1v) is 19.3. The molecule has 2 N–H and O–H groups in total. The van der Waals surface area contributed by atoms with Crippen LogP contribution in [0.1, 0.15) is 50.4 Å². The number of fused-ring (bicyclic) bond motifs is 1. The van der Waals surface area contributed by atoms with E-state index in [0.717, 1.165) is 22.9 Å². The smallest absolute Gasteiger partial charge is 0.261 e. The minimum atomic E-state index is -4.03. The predicted octanol–water partition coefficient (Wildman–Crippen LogP) is 5.40. The zero-order chi connectivity index (χ0) is 35.9. The fourth-order valence-electron chi connectivity index (χ4n) is 5.41. The van der Waals surface area contributed by atoms with E-state index >= 15 is 0 Å². The summed E-state index contributed by atoms with van der Waals surface area (Å²) in [5, 5.41) is 10.6. The van der Waals surface area contributed by atoms with E-state index < -0.39 is 49.8 Å². The largest absolute Gasteiger partial charge is 0.490 e. The Kier molecular flexibility index (Phi) is 13.1. The van der Waals surface area contributed by atoms with Gasteiger partial charge in [-0.2, -0.15) is 4.31 Å². The van der Waals surface area contributed by atoms with Crippen LogP contribution < -0.4 is 9.46 Å². The quantitative estimate of drug-likeness (QED) is 0.297. The first kappa shape index (κ1) is 38.5. The van der Waals surface area contributed by atoms with Crippen molar-refractivity contribution in [3.8, 4) is 5.75 Å². The van der Waals surface area contributed by atoms with Crippen molar-refractivity contribution in [3.63, 3.8) is 0 Å². The number of ether oxygens (including phenoxy) is 2. The number of rotatable bonds is 9. The number of likely N-dealkylation sites (N-methyl/N-ethyl adjacent to an activating group) is 1. The fraction of sp³-hybridized carbons (Fsp3) is 0.441. The van der Waals surface area contributed by atoms with E-state index in [1.165, 1.54) is 60.5 Å². The van der Waals surface area contributed by atoms with Gasteiger partial charge in [-0.25, -0.2) is 21.2 Å². The van der Waals surface area contributed by atoms with Crippen LogP contribution >= 0.6 is 11.6 Å². The highest BCUT2D eigenvalue weighted by Crippen LogP contribution is 2.30. The lowest BCUT2D eigenvalue weighted by Crippen LogP contribution is -2.48. The van der Waals surface area contributed by atoms with E-state index in [-0.39, 0.29) is 52.6 Å². The van der Waals surface area contributed by atoms with E-state index in [2.05, 4.69) is 4.72 Å². The van der Waals surface area contributed by atoms with Crippen LogP contribution in [0.15, 0.2) is 76.5 Å². The van der Waals surface area contributed by atoms with Crippen molar-refractivity contribution in [2.45, 2.75) is 68.1 Å². The summed E-state index contributed by atoms with van der Waals surface area (Å²) in [4.78, 5) is 15.7. The van der Waals surface area contributed by atoms with Crippen molar-refractivity contribution in [1.82, 2.24) is 9.21 Å². The Morgan fingerprint density at radius 2 is 1.67 bits per heavy atom. The summed E-state index contributed by atoms with van der Waals surface area (Å²) in [5.41, 5.74) is 0.207. The number of benzene rings is 3. The molecule has 0 aromatic heterocycles. The number of anilines is 1. The molecule has 15 heteroatoms. The number of sulfonamides is 2. The number of carbonyl (C=O) groups is 1. The minimum Gasteiger partial charge on any atom is -0.490 e. The Hall–Kier alpha value is -3.27. The maximum atomic E-state index is 14.4. The molecule has 3 aromatic rings. The molecule has 4 rings (SSSR count). The SMILES string of the molecule is C[C@H]1CCCCO[C@@H](CN(C)S(=O)(=O)c2ccc(F)cc2)[C@@H](C)CN([C@@H](C)CO)C(=O)c2cc(NS(=O)(=O)c3ccc(Cl)cc3)ccc2O1. The van der Waals surface area contributed by atoms with E-state index in [4.69, 9.17) is 21.1 Å². The van der Waals surface area contributed by atoms with Crippen molar-refractivity contribution in [1.29, 1.82) is 0 Å². The lowest BCUT2D eigenvalue weighted by molar-refractivity contribution is -0.00834. The fourth-order valence-corrected chi connectivity index (χ4v) is 7.77. The predicted molar refractivity (Wildman–Crippen MR) is 185 cm³/mol. The average Bonchev–Trinajstić information content (AvgIpc) is 3.06. The highest BCUT2D eigenvalue weighted by molar-refractivity contribution is 7.92. The molecule has 1 aliphatic heterocycles. The lowest BCUT2D eigenvalue weighted by atomic mass is 10.0. The Bertz CT molecular complexity index is 1790. The zero-order valence-corrected chi connectivity index (χ0v) is 30.3. The number of nitrogens with zero attached hydrogens (tertiary/aromatic N) is 2. The van der Waals surface area contributed by atoms with Crippen LogP contribution in [-0.4, -0.2) is 88.7 Å². The third-order valence-electron chi connectivity index (χ3n) is 8.39. The molecule has 3 aromatic carbocycles. The highest BCUT2D eigenvalue weighted by Gasteiger charge is 2.32. The summed E-state index contributed by atoms with van der Waals surface area (Å²) >= 11 is 5.93. The van der Waals surface area contributed by atoms with Gasteiger partial charge in [0.05, 0.1) is 40.2 Å². The lowest BCUT2D eigenvalue weighted by Gasteiger charge is -2.35. The van der Waals surface area contributed by atoms with Gasteiger partial charge in [0.1, 0.15) is 11.6 Å². The average molecular weight is 740 g/mol. The standard InChI is InChI=1S/C34H43ClFN3O8S2/c1-23-20-39(24(2)22-40)34(41)31-19-28(37-48(42,43)29-13-8-26(35)9-14-29)12-17-32(31)47-25(3)7-5-6-18-46-33(23)21-38(4)49(44,45)30-15-10-27(36)11-16-30/h8-17,19,23-25,33,37,40H,5-7,18,20-22H2,1-4H3/t23-,24-,25-,33-/m0/s1. The first-order chi connectivity index (χ1) is 23.1. The maximum absolute atomic E-state index is 14.4. The van der Waals surface area contributed by atoms with Crippen LogP contribution in [0.4, 0.5) is 10.1 Å². The molecule has 0 radical (unpaired) electrons. The van der Waals surface area contributed by atoms with Crippen LogP contribution in [0.3, 0.4) is 0 Å². The van der Waals surface area contributed by atoms with Crippen LogP contribution in [0.5, 0.6) is 5.75 Å². The molecule has 0 aliphatic carbocycles.